The summed E-state index contributed by atoms with van der Waals surface area (Å²) in [5.41, 5.74) is 7.84. The van der Waals surface area contributed by atoms with E-state index in [0.717, 1.165) is 92.1 Å². The number of hydrogen-bond donors (Lipinski definition) is 0. The van der Waals surface area contributed by atoms with E-state index < -0.39 is 11.7 Å². The van der Waals surface area contributed by atoms with Crippen molar-refractivity contribution in [3.63, 3.8) is 0 Å². The van der Waals surface area contributed by atoms with Crippen molar-refractivity contribution in [1.29, 1.82) is 0 Å². The topological polar surface area (TPSA) is 46.2 Å². The largest absolute Gasteiger partial charge is 0.497 e. The second kappa shape index (κ2) is 35.9. The van der Waals surface area contributed by atoms with Crippen molar-refractivity contribution >= 4 is 0 Å². The Morgan fingerprint density at radius 3 is 1.07 bits per heavy atom. The summed E-state index contributed by atoms with van der Waals surface area (Å²) in [4.78, 5) is 0. The van der Waals surface area contributed by atoms with Gasteiger partial charge < -0.3 is 23.7 Å². The maximum Gasteiger partial charge on any atom is 0.416 e. The molecule has 0 saturated carbocycles. The maximum atomic E-state index is 12.5. The van der Waals surface area contributed by atoms with E-state index in [-0.39, 0.29) is 44.2 Å². The van der Waals surface area contributed by atoms with Crippen LogP contribution in [0.5, 0.6) is 28.7 Å². The van der Waals surface area contributed by atoms with Crippen molar-refractivity contribution in [2.24, 2.45) is 0 Å². The summed E-state index contributed by atoms with van der Waals surface area (Å²) in [7, 11) is 1.69. The Labute approximate surface area is 530 Å². The lowest BCUT2D eigenvalue weighted by Gasteiger charge is -2.25. The first-order valence-corrected chi connectivity index (χ1v) is 32.1. The number of para-hydroxylation sites is 1. The summed E-state index contributed by atoms with van der Waals surface area (Å²) in [5, 5.41) is 0. The first-order chi connectivity index (χ1) is 40.3. The van der Waals surface area contributed by atoms with Crippen molar-refractivity contribution < 1.29 is 36.9 Å². The van der Waals surface area contributed by atoms with Gasteiger partial charge in [-0.05, 0) is 214 Å². The molecule has 0 fully saturated rings. The van der Waals surface area contributed by atoms with Gasteiger partial charge in [0, 0.05) is 0 Å². The van der Waals surface area contributed by atoms with Crippen LogP contribution in [0.1, 0.15) is 251 Å². The summed E-state index contributed by atoms with van der Waals surface area (Å²) >= 11 is 0. The van der Waals surface area contributed by atoms with Gasteiger partial charge in [-0.2, -0.15) is 13.2 Å². The van der Waals surface area contributed by atoms with Crippen LogP contribution in [0, 0.1) is 0 Å². The number of ether oxygens (including phenoxy) is 5. The number of halogens is 3. The Hall–Kier alpha value is -5.89. The maximum absolute atomic E-state index is 12.5. The predicted octanol–water partition coefficient (Wildman–Crippen LogP) is 24.0. The molecule has 6 rings (SSSR count). The van der Waals surface area contributed by atoms with Crippen LogP contribution in [0.25, 0.3) is 0 Å². The fourth-order valence-electron chi connectivity index (χ4n) is 8.43. The van der Waals surface area contributed by atoms with Crippen molar-refractivity contribution in [1.82, 2.24) is 0 Å². The second-order valence-corrected chi connectivity index (χ2v) is 27.6. The molecule has 0 N–H and O–H groups in total. The van der Waals surface area contributed by atoms with Gasteiger partial charge in [-0.1, -0.05) is 210 Å². The van der Waals surface area contributed by atoms with E-state index >= 15 is 0 Å². The fraction of sp³-hybridized carbons (Fsp3) is 0.544. The SMILES string of the molecule is CCC(C)(C)c1ccc(OC(C)(C)C)cc1.CCC(C)(C)c1ccc(OC(C)C)cc1.CCC(C)(C)c1ccc(OC)cc1.CCC(C)(C)c1cccc(C(F)(F)F)c1.CCOc1cccc(C(C)(C)CC)c1.CCOc1ccccc1C(C)(C)CC. The van der Waals surface area contributed by atoms with E-state index in [1.165, 1.54) is 39.9 Å². The first kappa shape index (κ1) is 79.1. The van der Waals surface area contributed by atoms with Crippen molar-refractivity contribution in [2.45, 2.75) is 262 Å². The third kappa shape index (κ3) is 28.0. The average molecular weight is 1210 g/mol. The van der Waals surface area contributed by atoms with Crippen LogP contribution >= 0.6 is 0 Å². The second-order valence-electron chi connectivity index (χ2n) is 27.6. The quantitative estimate of drug-likeness (QED) is 0.0762. The van der Waals surface area contributed by atoms with Crippen LogP contribution < -0.4 is 23.7 Å². The molecule has 0 aliphatic carbocycles. The Morgan fingerprint density at radius 2 is 0.701 bits per heavy atom. The Balaban J connectivity index is 0.000000523. The molecular weight excluding hydrogens is 1090 g/mol. The van der Waals surface area contributed by atoms with Crippen LogP contribution in [0.2, 0.25) is 0 Å². The molecule has 6 aromatic carbocycles. The molecule has 0 atom stereocenters. The molecule has 0 heterocycles. The minimum absolute atomic E-state index is 0.123. The minimum Gasteiger partial charge on any atom is -0.497 e. The summed E-state index contributed by atoms with van der Waals surface area (Å²) in [6.07, 6.45) is 2.52. The highest BCUT2D eigenvalue weighted by molar-refractivity contribution is 5.39. The number of hydrogen-bond acceptors (Lipinski definition) is 5. The third-order valence-electron chi connectivity index (χ3n) is 17.1. The van der Waals surface area contributed by atoms with Crippen LogP contribution in [0.3, 0.4) is 0 Å². The van der Waals surface area contributed by atoms with E-state index in [0.29, 0.717) is 0 Å². The molecule has 486 valence electrons. The molecule has 0 aliphatic rings. The minimum atomic E-state index is -4.25. The molecule has 6 aromatic rings. The van der Waals surface area contributed by atoms with Gasteiger partial charge in [0.2, 0.25) is 0 Å². The van der Waals surface area contributed by atoms with Gasteiger partial charge >= 0.3 is 6.18 Å². The Kier molecular flexibility index (Phi) is 32.7. The lowest BCUT2D eigenvalue weighted by molar-refractivity contribution is -0.137. The third-order valence-corrected chi connectivity index (χ3v) is 17.1. The molecular formula is C79H119F3O5. The zero-order valence-electron chi connectivity index (χ0n) is 59.3. The summed E-state index contributed by atoms with van der Waals surface area (Å²) in [5.74, 6) is 4.84. The highest BCUT2D eigenvalue weighted by Crippen LogP contribution is 2.37. The van der Waals surface area contributed by atoms with Crippen molar-refractivity contribution in [3.8, 4) is 28.7 Å². The smallest absolute Gasteiger partial charge is 0.416 e. The number of benzene rings is 6. The molecule has 5 nitrogen and oxygen atoms in total. The van der Waals surface area contributed by atoms with Crippen molar-refractivity contribution in [2.75, 3.05) is 20.3 Å². The normalized spacial score (nSPS) is 12.0. The van der Waals surface area contributed by atoms with E-state index in [4.69, 9.17) is 23.7 Å². The summed E-state index contributed by atoms with van der Waals surface area (Å²) in [6.45, 7) is 55.4. The van der Waals surface area contributed by atoms with Gasteiger partial charge in [0.1, 0.15) is 34.3 Å². The zero-order valence-corrected chi connectivity index (χ0v) is 59.3. The van der Waals surface area contributed by atoms with Gasteiger partial charge in [0.25, 0.3) is 0 Å². The monoisotopic (exact) mass is 1200 g/mol. The van der Waals surface area contributed by atoms with Crippen LogP contribution in [-0.2, 0) is 38.7 Å². The average Bonchev–Trinajstić information content (AvgIpc) is 2.39. The summed E-state index contributed by atoms with van der Waals surface area (Å²) < 4.78 is 65.0. The van der Waals surface area contributed by atoms with Gasteiger partial charge in [-0.15, -0.1) is 0 Å². The number of alkyl halides is 3. The summed E-state index contributed by atoms with van der Waals surface area (Å²) in [6, 6.07) is 47.5. The Morgan fingerprint density at radius 1 is 0.345 bits per heavy atom. The molecule has 0 bridgehead atoms. The molecule has 0 saturated heterocycles. The molecule has 0 unspecified atom stereocenters. The fourth-order valence-corrected chi connectivity index (χ4v) is 8.43. The standard InChI is InChI=1S/C15H24O.C14H22O.2C13H20O.C12H15F3.C12H18O/c1-7-15(5,6)12-8-10-13(11-9-12)16-14(2,3)4;1-6-14(4,5)12-7-9-13(10-8-12)15-11(2)3;1-5-13(3,4)11-8-7-9-12(10-11)14-6-2;1-5-13(3,4)11-9-7-8-10-12(11)14-6-2;1-4-11(2,3)9-6-5-7-10(8-9)12(13,14)15;1-5-12(2,3)10-6-8-11(13-4)9-7-10/h8-11H,7H2,1-6H3;7-11H,6H2,1-5H3;2*7-10H,5-6H2,1-4H3;5-8H,4H2,1-3H3;6-9H,5H2,1-4H3. The van der Waals surface area contributed by atoms with E-state index in [1.807, 2.05) is 72.7 Å². The van der Waals surface area contributed by atoms with Gasteiger partial charge in [0.05, 0.1) is 32.0 Å². The predicted molar refractivity (Wildman–Crippen MR) is 369 cm³/mol. The van der Waals surface area contributed by atoms with E-state index in [2.05, 4.69) is 222 Å². The first-order valence-electron chi connectivity index (χ1n) is 32.1. The Bertz CT molecular complexity index is 2810. The molecule has 0 amide bonds. The number of rotatable bonds is 20. The lowest BCUT2D eigenvalue weighted by atomic mass is 9.81. The van der Waals surface area contributed by atoms with Gasteiger partial charge in [0.15, 0.2) is 0 Å². The van der Waals surface area contributed by atoms with E-state index in [1.54, 1.807) is 13.2 Å². The van der Waals surface area contributed by atoms with Crippen LogP contribution in [-0.4, -0.2) is 32.0 Å². The van der Waals surface area contributed by atoms with Gasteiger partial charge in [-0.3, -0.25) is 0 Å². The van der Waals surface area contributed by atoms with E-state index in [9.17, 15) is 13.2 Å². The van der Waals surface area contributed by atoms with Gasteiger partial charge in [-0.25, -0.2) is 0 Å². The van der Waals surface area contributed by atoms with Crippen LogP contribution in [0.4, 0.5) is 13.2 Å². The zero-order chi connectivity index (χ0) is 66.7. The highest BCUT2D eigenvalue weighted by Gasteiger charge is 2.32. The molecule has 0 aliphatic heterocycles. The lowest BCUT2D eigenvalue weighted by Crippen LogP contribution is -2.23. The number of methoxy groups -OCH3 is 1. The van der Waals surface area contributed by atoms with Crippen molar-refractivity contribution in [3.05, 3.63) is 185 Å². The molecule has 0 aromatic heterocycles. The molecule has 87 heavy (non-hydrogen) atoms. The highest BCUT2D eigenvalue weighted by atomic mass is 19.4. The molecule has 8 heteroatoms. The molecule has 0 spiro atoms. The molecule has 0 radical (unpaired) electrons. The van der Waals surface area contributed by atoms with Crippen LogP contribution in [0.15, 0.2) is 146 Å².